The fourth-order valence-electron chi connectivity index (χ4n) is 2.13. The predicted molar refractivity (Wildman–Crippen MR) is 79.6 cm³/mol. The van der Waals surface area contributed by atoms with E-state index >= 15 is 0 Å². The molecule has 1 fully saturated rings. The molecule has 5 nitrogen and oxygen atoms in total. The van der Waals surface area contributed by atoms with E-state index in [9.17, 15) is 14.3 Å². The smallest absolute Gasteiger partial charge is 0.258 e. The summed E-state index contributed by atoms with van der Waals surface area (Å²) in [5, 5.41) is 10.7. The summed E-state index contributed by atoms with van der Waals surface area (Å²) < 4.78 is 14.0. The van der Waals surface area contributed by atoms with Gasteiger partial charge in [0.1, 0.15) is 11.0 Å². The molecular formula is C14H18N2O3S. The third-order valence-corrected chi connectivity index (χ3v) is 5.11. The summed E-state index contributed by atoms with van der Waals surface area (Å²) in [6.07, 6.45) is 1.77. The van der Waals surface area contributed by atoms with Gasteiger partial charge >= 0.3 is 0 Å². The van der Waals surface area contributed by atoms with Gasteiger partial charge in [0, 0.05) is 12.1 Å². The first-order valence-corrected chi connectivity index (χ1v) is 7.45. The molecule has 1 aromatic carbocycles. The molecule has 0 aliphatic carbocycles. The number of non-ortho nitro benzene ring substituents is 1. The van der Waals surface area contributed by atoms with Gasteiger partial charge in [-0.3, -0.25) is 10.1 Å². The Hall–Kier alpha value is -1.53. The third kappa shape index (κ3) is 2.66. The van der Waals surface area contributed by atoms with E-state index in [1.54, 1.807) is 18.2 Å². The summed E-state index contributed by atoms with van der Waals surface area (Å²) >= 11 is 0. The molecule has 0 bridgehead atoms. The highest BCUT2D eigenvalue weighted by molar-refractivity contribution is 7.84. The molecule has 1 aliphatic heterocycles. The minimum atomic E-state index is -1.12. The van der Waals surface area contributed by atoms with Crippen LogP contribution in [0.3, 0.4) is 0 Å². The average Bonchev–Trinajstić information content (AvgIpc) is 3.10. The third-order valence-electron chi connectivity index (χ3n) is 3.20. The van der Waals surface area contributed by atoms with Crippen LogP contribution in [0.2, 0.25) is 0 Å². The Morgan fingerprint density at radius 2 is 1.90 bits per heavy atom. The van der Waals surface area contributed by atoms with Gasteiger partial charge in [0.05, 0.1) is 21.8 Å². The van der Waals surface area contributed by atoms with Gasteiger partial charge in [0.25, 0.3) is 5.69 Å². The summed E-state index contributed by atoms with van der Waals surface area (Å²) in [5.74, 6) is 0. The maximum absolute atomic E-state index is 12.4. The first kappa shape index (κ1) is 14.9. The van der Waals surface area contributed by atoms with Crippen molar-refractivity contribution in [2.75, 3.05) is 0 Å². The fourth-order valence-corrected chi connectivity index (χ4v) is 3.58. The van der Waals surface area contributed by atoms with Crippen molar-refractivity contribution in [1.29, 1.82) is 0 Å². The van der Waals surface area contributed by atoms with Gasteiger partial charge in [0.2, 0.25) is 0 Å². The standard InChI is InChI=1S/C14H18N2O3S/c1-5-12-13(15(12)20(19)14(2,3)4)10-6-8-11(9-7-10)16(17)18/h5-9,12-13H,1H2,2-4H3/t12-,13-,15?,20+/m0/s1. The summed E-state index contributed by atoms with van der Waals surface area (Å²) in [5.41, 5.74) is 0.992. The van der Waals surface area contributed by atoms with Gasteiger partial charge in [-0.1, -0.05) is 18.2 Å². The molecule has 4 atom stereocenters. The number of hydrogen-bond donors (Lipinski definition) is 0. The van der Waals surface area contributed by atoms with Crippen LogP contribution >= 0.6 is 0 Å². The highest BCUT2D eigenvalue weighted by atomic mass is 32.2. The van der Waals surface area contributed by atoms with Gasteiger partial charge in [-0.25, -0.2) is 8.51 Å². The van der Waals surface area contributed by atoms with Crippen LogP contribution in [0.1, 0.15) is 32.4 Å². The molecule has 0 saturated carbocycles. The van der Waals surface area contributed by atoms with Crippen molar-refractivity contribution in [2.45, 2.75) is 37.6 Å². The van der Waals surface area contributed by atoms with Crippen molar-refractivity contribution >= 4 is 16.7 Å². The Labute approximate surface area is 121 Å². The molecule has 0 amide bonds. The monoisotopic (exact) mass is 294 g/mol. The largest absolute Gasteiger partial charge is 0.269 e. The molecule has 6 heteroatoms. The second-order valence-electron chi connectivity index (χ2n) is 5.74. The number of nitro groups is 1. The Morgan fingerprint density at radius 1 is 1.35 bits per heavy atom. The zero-order chi connectivity index (χ0) is 15.1. The molecule has 108 valence electrons. The highest BCUT2D eigenvalue weighted by Gasteiger charge is 2.52. The molecule has 1 saturated heterocycles. The van der Waals surface area contributed by atoms with Crippen molar-refractivity contribution in [2.24, 2.45) is 0 Å². The van der Waals surface area contributed by atoms with Gasteiger partial charge in [-0.2, -0.15) is 0 Å². The van der Waals surface area contributed by atoms with E-state index in [0.29, 0.717) is 0 Å². The van der Waals surface area contributed by atoms with E-state index in [1.165, 1.54) is 12.1 Å². The average molecular weight is 294 g/mol. The van der Waals surface area contributed by atoms with Crippen LogP contribution in [-0.4, -0.2) is 24.2 Å². The first-order valence-electron chi connectivity index (χ1n) is 6.34. The SMILES string of the molecule is C=C[C@H]1[C@H](c2ccc([N+](=O)[O-])cc2)N1[S@](=O)C(C)(C)C. The molecule has 0 radical (unpaired) electrons. The lowest BCUT2D eigenvalue weighted by atomic mass is 10.1. The van der Waals surface area contributed by atoms with Gasteiger partial charge in [0.15, 0.2) is 0 Å². The maximum atomic E-state index is 12.4. The second-order valence-corrected chi connectivity index (χ2v) is 7.89. The number of benzene rings is 1. The maximum Gasteiger partial charge on any atom is 0.269 e. The van der Waals surface area contributed by atoms with Crippen LogP contribution in [0, 0.1) is 10.1 Å². The Kier molecular flexibility index (Phi) is 3.80. The zero-order valence-electron chi connectivity index (χ0n) is 11.8. The van der Waals surface area contributed by atoms with E-state index in [-0.39, 0.29) is 22.5 Å². The molecule has 0 spiro atoms. The van der Waals surface area contributed by atoms with Crippen molar-refractivity contribution in [1.82, 2.24) is 4.31 Å². The van der Waals surface area contributed by atoms with E-state index in [1.807, 2.05) is 25.1 Å². The molecular weight excluding hydrogens is 276 g/mol. The second kappa shape index (κ2) is 5.10. The Bertz CT molecular complexity index is 563. The van der Waals surface area contributed by atoms with E-state index in [0.717, 1.165) is 5.56 Å². The minimum absolute atomic E-state index is 0.00615. The van der Waals surface area contributed by atoms with E-state index < -0.39 is 15.9 Å². The number of hydrogen-bond acceptors (Lipinski definition) is 3. The molecule has 0 N–H and O–H groups in total. The lowest BCUT2D eigenvalue weighted by Crippen LogP contribution is -2.28. The molecule has 1 aromatic rings. The molecule has 20 heavy (non-hydrogen) atoms. The molecule has 1 aliphatic rings. The van der Waals surface area contributed by atoms with E-state index in [2.05, 4.69) is 6.58 Å². The number of rotatable bonds is 4. The molecule has 0 aromatic heterocycles. The van der Waals surface area contributed by atoms with Crippen LogP contribution in [-0.2, 0) is 11.0 Å². The quantitative estimate of drug-likeness (QED) is 0.371. The Balaban J connectivity index is 2.23. The van der Waals surface area contributed by atoms with Crippen molar-refractivity contribution < 1.29 is 9.13 Å². The lowest BCUT2D eigenvalue weighted by molar-refractivity contribution is -0.384. The Morgan fingerprint density at radius 3 is 2.30 bits per heavy atom. The zero-order valence-corrected chi connectivity index (χ0v) is 12.6. The highest BCUT2D eigenvalue weighted by Crippen LogP contribution is 2.47. The van der Waals surface area contributed by atoms with Crippen LogP contribution in [0.15, 0.2) is 36.9 Å². The van der Waals surface area contributed by atoms with Crippen LogP contribution in [0.4, 0.5) is 5.69 Å². The number of nitrogens with zero attached hydrogens (tertiary/aromatic N) is 2. The minimum Gasteiger partial charge on any atom is -0.258 e. The molecule has 1 unspecified atom stereocenters. The topological polar surface area (TPSA) is 63.2 Å². The van der Waals surface area contributed by atoms with Crippen molar-refractivity contribution in [3.63, 3.8) is 0 Å². The van der Waals surface area contributed by atoms with Crippen LogP contribution in [0.5, 0.6) is 0 Å². The van der Waals surface area contributed by atoms with Gasteiger partial charge < -0.3 is 0 Å². The van der Waals surface area contributed by atoms with E-state index in [4.69, 9.17) is 0 Å². The van der Waals surface area contributed by atoms with Crippen LogP contribution < -0.4 is 0 Å². The van der Waals surface area contributed by atoms with Gasteiger partial charge in [-0.15, -0.1) is 6.58 Å². The summed E-state index contributed by atoms with van der Waals surface area (Å²) in [6.45, 7) is 9.55. The van der Waals surface area contributed by atoms with Crippen molar-refractivity contribution in [3.8, 4) is 0 Å². The summed E-state index contributed by atoms with van der Waals surface area (Å²) in [4.78, 5) is 10.2. The number of nitro benzene ring substituents is 1. The lowest BCUT2D eigenvalue weighted by Gasteiger charge is -2.18. The van der Waals surface area contributed by atoms with Gasteiger partial charge in [-0.05, 0) is 26.3 Å². The molecule has 1 heterocycles. The first-order chi connectivity index (χ1) is 9.27. The van der Waals surface area contributed by atoms with Crippen LogP contribution in [0.25, 0.3) is 0 Å². The summed E-state index contributed by atoms with van der Waals surface area (Å²) in [6, 6.07) is 6.42. The molecule has 2 rings (SSSR count). The van der Waals surface area contributed by atoms with Crippen molar-refractivity contribution in [3.05, 3.63) is 52.6 Å². The fraction of sp³-hybridized carbons (Fsp3) is 0.429. The normalized spacial score (nSPS) is 26.9. The predicted octanol–water partition coefficient (Wildman–Crippen LogP) is 2.97. The summed E-state index contributed by atoms with van der Waals surface area (Å²) in [7, 11) is -1.12.